The van der Waals surface area contributed by atoms with Gasteiger partial charge < -0.3 is 2.84 Å². The van der Waals surface area contributed by atoms with Crippen LogP contribution in [0.3, 0.4) is 0 Å². The second kappa shape index (κ2) is 20.9. The fraction of sp³-hybridized carbons (Fsp3) is 1.00. The molecule has 4 heteroatoms. The van der Waals surface area contributed by atoms with E-state index in [0.717, 1.165) is 16.6 Å². The Morgan fingerprint density at radius 1 is 0.889 bits per heavy atom. The lowest BCUT2D eigenvalue weighted by molar-refractivity contribution is 0.600. The molecule has 0 saturated heterocycles. The van der Waals surface area contributed by atoms with Gasteiger partial charge in [-0.05, 0) is 0 Å². The average Bonchev–Trinajstić information content (AvgIpc) is 2.42. The summed E-state index contributed by atoms with van der Waals surface area (Å²) in [6, 6.07) is 0. The van der Waals surface area contributed by atoms with Crippen molar-refractivity contribution in [1.82, 2.24) is 0 Å². The Kier molecular flexibility index (Phi) is 25.3. The predicted molar refractivity (Wildman–Crippen MR) is 92.2 cm³/mol. The van der Waals surface area contributed by atoms with Crippen LogP contribution in [0.25, 0.3) is 0 Å². The summed E-state index contributed by atoms with van der Waals surface area (Å²) in [4.78, 5) is 0. The molecule has 0 fully saturated rings. The Labute approximate surface area is 136 Å². The third-order valence-electron chi connectivity index (χ3n) is 3.66. The molecule has 0 spiro atoms. The molecule has 0 heterocycles. The van der Waals surface area contributed by atoms with Crippen LogP contribution in [0.5, 0.6) is 0 Å². The van der Waals surface area contributed by atoms with Crippen molar-refractivity contribution >= 4 is 46.3 Å². The number of unbranched alkanes of at least 4 members (excludes halogenated alkanes) is 6. The minimum Gasteiger partial charge on any atom is -0.645 e. The Morgan fingerprint density at radius 2 is 1.33 bits per heavy atom. The van der Waals surface area contributed by atoms with E-state index in [1.807, 2.05) is 0 Å². The van der Waals surface area contributed by atoms with E-state index < -0.39 is 0 Å². The van der Waals surface area contributed by atoms with Gasteiger partial charge in [0, 0.05) is 0 Å². The number of rotatable bonds is 11. The van der Waals surface area contributed by atoms with Gasteiger partial charge in [0.05, 0.1) is 0 Å². The molecule has 0 atom stereocenters. The molecule has 0 aromatic carbocycles. The molecule has 0 aliphatic rings. The second-order valence-corrected chi connectivity index (χ2v) is 12.0. The first kappa shape index (κ1) is 21.8. The maximum Gasteiger partial charge on any atom is 0.401 e. The van der Waals surface area contributed by atoms with Crippen molar-refractivity contribution in [3.05, 3.63) is 0 Å². The van der Waals surface area contributed by atoms with Crippen LogP contribution < -0.4 is 0 Å². The minimum absolute atomic E-state index is 0.0139. The summed E-state index contributed by atoms with van der Waals surface area (Å²) in [5, 5.41) is 4.65. The monoisotopic (exact) mass is 300 g/mol. The zero-order valence-corrected chi connectivity index (χ0v) is 18.3. The van der Waals surface area contributed by atoms with Gasteiger partial charge >= 0.3 is 32.2 Å². The average molecular weight is 300 g/mol. The summed E-state index contributed by atoms with van der Waals surface area (Å²) in [7, 11) is 0. The number of hydrogen-bond acceptors (Lipinski definition) is 1. The Hall–Kier alpha value is 1.56. The van der Waals surface area contributed by atoms with E-state index >= 15 is 0 Å². The van der Waals surface area contributed by atoms with Crippen LogP contribution in [0.15, 0.2) is 0 Å². The van der Waals surface area contributed by atoms with Crippen molar-refractivity contribution in [3.63, 3.8) is 0 Å². The standard InChI is InChI=1S/C9H19.2C2H5.CH3.3Al.O.3H/c1-3-5-7-9-8-6-4-2;2*1-2;;;;;;;;/h1,3-9H2,2H3;2*1H2,2H3;1H3;;;;;;;. The van der Waals surface area contributed by atoms with E-state index in [1.54, 1.807) is 5.28 Å². The molecule has 0 amide bonds. The Bertz CT molecular complexity index is 128. The van der Waals surface area contributed by atoms with Crippen molar-refractivity contribution in [2.75, 3.05) is 0 Å². The van der Waals surface area contributed by atoms with Gasteiger partial charge in [0.2, 0.25) is 0 Å². The highest BCUT2D eigenvalue weighted by Gasteiger charge is 2.09. The maximum atomic E-state index is 4.82. The molecule has 0 aromatic heterocycles. The lowest BCUT2D eigenvalue weighted by Gasteiger charge is -2.05. The first-order valence-electron chi connectivity index (χ1n) is 8.25. The third-order valence-corrected chi connectivity index (χ3v) is 9.50. The first-order chi connectivity index (χ1) is 8.76. The summed E-state index contributed by atoms with van der Waals surface area (Å²) in [5.74, 6) is 2.13. The van der Waals surface area contributed by atoms with Crippen molar-refractivity contribution in [2.45, 2.75) is 87.4 Å². The van der Waals surface area contributed by atoms with Crippen molar-refractivity contribution in [2.24, 2.45) is 0 Å². The van der Waals surface area contributed by atoms with Gasteiger partial charge in [-0.1, -0.05) is 87.4 Å². The highest BCUT2D eigenvalue weighted by atomic mass is 27.2. The highest BCUT2D eigenvalue weighted by Crippen LogP contribution is 2.13. The molecule has 0 aliphatic heterocycles. The molecule has 0 saturated carbocycles. The summed E-state index contributed by atoms with van der Waals surface area (Å²) in [5.41, 5.74) is 0. The molecular formula is C14H35Al3O. The van der Waals surface area contributed by atoms with Gasteiger partial charge in [0.25, 0.3) is 14.1 Å². The highest BCUT2D eigenvalue weighted by molar-refractivity contribution is 6.58. The van der Waals surface area contributed by atoms with Gasteiger partial charge in [-0.3, -0.25) is 0 Å². The van der Waals surface area contributed by atoms with Gasteiger partial charge in [0.15, 0.2) is 0 Å². The van der Waals surface area contributed by atoms with Crippen molar-refractivity contribution in [1.29, 1.82) is 0 Å². The van der Waals surface area contributed by atoms with Crippen LogP contribution in [-0.2, 0) is 2.84 Å². The number of hydrogen-bond donors (Lipinski definition) is 0. The maximum absolute atomic E-state index is 4.82. The summed E-state index contributed by atoms with van der Waals surface area (Å²) < 4.78 is 4.82. The summed E-state index contributed by atoms with van der Waals surface area (Å²) in [6.45, 7) is 7.07. The molecule has 106 valence electrons. The zero-order valence-electron chi connectivity index (χ0n) is 13.8. The van der Waals surface area contributed by atoms with Crippen LogP contribution in [0.1, 0.15) is 65.7 Å². The molecule has 0 radical (unpaired) electrons. The van der Waals surface area contributed by atoms with Crippen LogP contribution in [-0.4, -0.2) is 46.3 Å². The molecule has 18 heavy (non-hydrogen) atoms. The molecule has 0 aliphatic carbocycles. The van der Waals surface area contributed by atoms with Crippen LogP contribution in [0.4, 0.5) is 0 Å². The van der Waals surface area contributed by atoms with E-state index in [1.165, 1.54) is 55.5 Å². The van der Waals surface area contributed by atoms with Crippen molar-refractivity contribution < 1.29 is 2.84 Å². The van der Waals surface area contributed by atoms with E-state index in [4.69, 9.17) is 2.84 Å². The quantitative estimate of drug-likeness (QED) is 0.410. The lowest BCUT2D eigenvalue weighted by Crippen LogP contribution is -2.07. The molecular weight excluding hydrogens is 265 g/mol. The first-order valence-corrected chi connectivity index (χ1v) is 13.5. The predicted octanol–water partition coefficient (Wildman–Crippen LogP) is 4.22. The van der Waals surface area contributed by atoms with E-state index in [0.29, 0.717) is 0 Å². The largest absolute Gasteiger partial charge is 0.645 e. The van der Waals surface area contributed by atoms with E-state index in [9.17, 15) is 0 Å². The Morgan fingerprint density at radius 3 is 1.72 bits per heavy atom. The topological polar surface area (TPSA) is 9.23 Å². The molecule has 0 bridgehead atoms. The molecule has 0 N–H and O–H groups in total. The van der Waals surface area contributed by atoms with Gasteiger partial charge in [-0.15, -0.1) is 0 Å². The Balaban J connectivity index is 0. The van der Waals surface area contributed by atoms with Gasteiger partial charge in [0.1, 0.15) is 0 Å². The van der Waals surface area contributed by atoms with Gasteiger partial charge in [-0.25, -0.2) is 0 Å². The fourth-order valence-electron chi connectivity index (χ4n) is 2.09. The van der Waals surface area contributed by atoms with Crippen molar-refractivity contribution in [3.8, 4) is 0 Å². The normalized spacial score (nSPS) is 9.56. The fourth-order valence-corrected chi connectivity index (χ4v) is 4.35. The minimum atomic E-state index is -0.257. The van der Waals surface area contributed by atoms with Gasteiger partial charge in [-0.2, -0.15) is 0 Å². The van der Waals surface area contributed by atoms with E-state index in [2.05, 4.69) is 26.6 Å². The smallest absolute Gasteiger partial charge is 0.401 e. The zero-order chi connectivity index (χ0) is 14.1. The van der Waals surface area contributed by atoms with E-state index in [-0.39, 0.29) is 29.7 Å². The third kappa shape index (κ3) is 19.9. The lowest BCUT2D eigenvalue weighted by atomic mass is 10.1. The summed E-state index contributed by atoms with van der Waals surface area (Å²) in [6.07, 6.45) is 10.3. The molecule has 1 nitrogen and oxygen atoms in total. The molecule has 0 rings (SSSR count). The van der Waals surface area contributed by atoms with Crippen LogP contribution in [0, 0.1) is 0 Å². The van der Waals surface area contributed by atoms with Crippen LogP contribution in [0.2, 0.25) is 21.6 Å². The summed E-state index contributed by atoms with van der Waals surface area (Å²) >= 11 is 0.681. The SMILES string of the molecule is CCCCCCCC[CH2][Al]([CH2]C)[CH2]C.[CH3][AlH][O][AlH2]. The van der Waals surface area contributed by atoms with Crippen LogP contribution >= 0.6 is 0 Å². The second-order valence-electron chi connectivity index (χ2n) is 5.17. The molecule has 0 aromatic rings. The molecule has 0 unspecified atom stereocenters.